The van der Waals surface area contributed by atoms with Gasteiger partial charge in [0.2, 0.25) is 0 Å². The summed E-state index contributed by atoms with van der Waals surface area (Å²) in [4.78, 5) is 5.59. The average Bonchev–Trinajstić information content (AvgIpc) is 2.37. The van der Waals surface area contributed by atoms with E-state index < -0.39 is 0 Å². The van der Waals surface area contributed by atoms with Crippen LogP contribution in [0.1, 0.15) is 16.3 Å². The van der Waals surface area contributed by atoms with E-state index in [9.17, 15) is 0 Å². The van der Waals surface area contributed by atoms with Crippen molar-refractivity contribution in [3.63, 3.8) is 0 Å². The second-order valence-corrected chi connectivity index (χ2v) is 3.89. The fourth-order valence-electron chi connectivity index (χ4n) is 0.933. The van der Waals surface area contributed by atoms with Gasteiger partial charge in [-0.15, -0.1) is 11.3 Å². The third-order valence-electron chi connectivity index (χ3n) is 1.49. The first-order valence-electron chi connectivity index (χ1n) is 3.89. The van der Waals surface area contributed by atoms with E-state index >= 15 is 0 Å². The van der Waals surface area contributed by atoms with Crippen LogP contribution in [-0.2, 0) is 6.42 Å². The monoisotopic (exact) mass is 170 g/mol. The minimum atomic E-state index is 1.08. The topological polar surface area (TPSA) is 24.9 Å². The smallest absolute Gasteiger partial charge is 0.0928 e. The molecule has 2 nitrogen and oxygen atoms in total. The molecule has 0 spiro atoms. The van der Waals surface area contributed by atoms with Gasteiger partial charge in [-0.1, -0.05) is 0 Å². The van der Waals surface area contributed by atoms with Gasteiger partial charge in [0, 0.05) is 17.5 Å². The zero-order valence-electron chi connectivity index (χ0n) is 7.05. The fourth-order valence-corrected chi connectivity index (χ4v) is 1.76. The first-order chi connectivity index (χ1) is 5.33. The largest absolute Gasteiger partial charge is 0.320 e. The molecule has 0 amide bonds. The van der Waals surface area contributed by atoms with Crippen molar-refractivity contribution in [2.24, 2.45) is 0 Å². The molecule has 62 valence electrons. The van der Waals surface area contributed by atoms with Gasteiger partial charge in [0.05, 0.1) is 5.01 Å². The molecule has 11 heavy (non-hydrogen) atoms. The van der Waals surface area contributed by atoms with Gasteiger partial charge in [-0.05, 0) is 26.9 Å². The van der Waals surface area contributed by atoms with Crippen LogP contribution in [0.25, 0.3) is 0 Å². The summed E-state index contributed by atoms with van der Waals surface area (Å²) in [6, 6.07) is 0. The van der Waals surface area contributed by atoms with Crippen LogP contribution in [0.5, 0.6) is 0 Å². The number of rotatable bonds is 4. The lowest BCUT2D eigenvalue weighted by molar-refractivity contribution is 0.722. The number of nitrogens with zero attached hydrogens (tertiary/aromatic N) is 1. The maximum absolute atomic E-state index is 4.28. The molecule has 0 saturated heterocycles. The Hall–Kier alpha value is -0.410. The molecular formula is C8H14N2S. The van der Waals surface area contributed by atoms with E-state index in [1.54, 1.807) is 11.3 Å². The van der Waals surface area contributed by atoms with Crippen LogP contribution in [0.2, 0.25) is 0 Å². The molecule has 0 aliphatic rings. The molecule has 1 rings (SSSR count). The van der Waals surface area contributed by atoms with E-state index in [1.807, 2.05) is 13.2 Å². The van der Waals surface area contributed by atoms with Crippen LogP contribution in [0.4, 0.5) is 0 Å². The van der Waals surface area contributed by atoms with E-state index in [0.717, 1.165) is 13.0 Å². The van der Waals surface area contributed by atoms with Gasteiger partial charge < -0.3 is 5.32 Å². The van der Waals surface area contributed by atoms with E-state index in [2.05, 4.69) is 17.2 Å². The van der Waals surface area contributed by atoms with E-state index in [1.165, 1.54) is 16.3 Å². The minimum Gasteiger partial charge on any atom is -0.320 e. The minimum absolute atomic E-state index is 1.08. The predicted octanol–water partition coefficient (Wildman–Crippen LogP) is 1.60. The molecule has 0 radical (unpaired) electrons. The molecule has 0 aliphatic heterocycles. The zero-order valence-corrected chi connectivity index (χ0v) is 7.87. The quantitative estimate of drug-likeness (QED) is 0.694. The summed E-state index contributed by atoms with van der Waals surface area (Å²) in [7, 11) is 1.98. The normalized spacial score (nSPS) is 10.4. The lowest BCUT2D eigenvalue weighted by atomic mass is 10.3. The Morgan fingerprint density at radius 3 is 3.00 bits per heavy atom. The average molecular weight is 170 g/mol. The van der Waals surface area contributed by atoms with Gasteiger partial charge in [0.1, 0.15) is 0 Å². The molecule has 0 bridgehead atoms. The lowest BCUT2D eigenvalue weighted by Gasteiger charge is -1.94. The van der Waals surface area contributed by atoms with E-state index in [-0.39, 0.29) is 0 Å². The standard InChI is InChI=1S/C8H14N2S/c1-7-6-10-8(11-7)4-3-5-9-2/h6,9H,3-5H2,1-2H3. The summed E-state index contributed by atoms with van der Waals surface area (Å²) >= 11 is 1.80. The van der Waals surface area contributed by atoms with Crippen LogP contribution in [-0.4, -0.2) is 18.6 Å². The van der Waals surface area contributed by atoms with Crippen molar-refractivity contribution in [3.8, 4) is 0 Å². The number of thiazole rings is 1. The number of aryl methyl sites for hydroxylation is 2. The third-order valence-corrected chi connectivity index (χ3v) is 2.46. The van der Waals surface area contributed by atoms with E-state index in [4.69, 9.17) is 0 Å². The summed E-state index contributed by atoms with van der Waals surface area (Å²) in [6.07, 6.45) is 4.24. The van der Waals surface area contributed by atoms with Gasteiger partial charge in [0.25, 0.3) is 0 Å². The maximum Gasteiger partial charge on any atom is 0.0928 e. The Morgan fingerprint density at radius 1 is 1.64 bits per heavy atom. The highest BCUT2D eigenvalue weighted by Crippen LogP contribution is 2.12. The molecule has 1 N–H and O–H groups in total. The molecule has 0 fully saturated rings. The molecule has 1 heterocycles. The Kier molecular flexibility index (Phi) is 3.52. The van der Waals surface area contributed by atoms with Crippen molar-refractivity contribution in [2.75, 3.05) is 13.6 Å². The van der Waals surface area contributed by atoms with E-state index in [0.29, 0.717) is 0 Å². The fraction of sp³-hybridized carbons (Fsp3) is 0.625. The van der Waals surface area contributed by atoms with Crippen molar-refractivity contribution in [1.82, 2.24) is 10.3 Å². The first-order valence-corrected chi connectivity index (χ1v) is 4.70. The summed E-state index contributed by atoms with van der Waals surface area (Å²) in [6.45, 7) is 3.18. The third kappa shape index (κ3) is 2.99. The number of hydrogen-bond acceptors (Lipinski definition) is 3. The summed E-state index contributed by atoms with van der Waals surface area (Å²) in [5.41, 5.74) is 0. The van der Waals surface area contributed by atoms with Gasteiger partial charge >= 0.3 is 0 Å². The van der Waals surface area contributed by atoms with Crippen molar-refractivity contribution in [1.29, 1.82) is 0 Å². The molecule has 1 aromatic heterocycles. The summed E-state index contributed by atoms with van der Waals surface area (Å²) in [5, 5.41) is 4.38. The second-order valence-electron chi connectivity index (χ2n) is 2.57. The molecule has 0 unspecified atom stereocenters. The number of nitrogens with one attached hydrogen (secondary N) is 1. The van der Waals surface area contributed by atoms with Crippen molar-refractivity contribution in [3.05, 3.63) is 16.1 Å². The zero-order chi connectivity index (χ0) is 8.10. The maximum atomic E-state index is 4.28. The SMILES string of the molecule is CNCCCc1ncc(C)s1. The molecule has 0 saturated carbocycles. The van der Waals surface area contributed by atoms with Crippen molar-refractivity contribution in [2.45, 2.75) is 19.8 Å². The molecule has 1 aromatic rings. The van der Waals surface area contributed by atoms with Gasteiger partial charge in [-0.2, -0.15) is 0 Å². The van der Waals surface area contributed by atoms with Gasteiger partial charge in [0.15, 0.2) is 0 Å². The van der Waals surface area contributed by atoms with Gasteiger partial charge in [-0.25, -0.2) is 4.98 Å². The Balaban J connectivity index is 2.27. The Bertz CT molecular complexity index is 208. The predicted molar refractivity (Wildman–Crippen MR) is 49.1 cm³/mol. The number of hydrogen-bond donors (Lipinski definition) is 1. The highest BCUT2D eigenvalue weighted by atomic mass is 32.1. The molecule has 0 aromatic carbocycles. The Morgan fingerprint density at radius 2 is 2.45 bits per heavy atom. The Labute approximate surface area is 71.7 Å². The van der Waals surface area contributed by atoms with Crippen LogP contribution in [0, 0.1) is 6.92 Å². The summed E-state index contributed by atoms with van der Waals surface area (Å²) < 4.78 is 0. The van der Waals surface area contributed by atoms with Crippen LogP contribution in [0.3, 0.4) is 0 Å². The van der Waals surface area contributed by atoms with Gasteiger partial charge in [-0.3, -0.25) is 0 Å². The summed E-state index contributed by atoms with van der Waals surface area (Å²) in [5.74, 6) is 0. The molecule has 0 aliphatic carbocycles. The first kappa shape index (κ1) is 8.68. The van der Waals surface area contributed by atoms with Crippen LogP contribution < -0.4 is 5.32 Å². The van der Waals surface area contributed by atoms with Crippen LogP contribution in [0.15, 0.2) is 6.20 Å². The van der Waals surface area contributed by atoms with Crippen LogP contribution >= 0.6 is 11.3 Å². The van der Waals surface area contributed by atoms with Crippen molar-refractivity contribution >= 4 is 11.3 Å². The molecular weight excluding hydrogens is 156 g/mol. The second kappa shape index (κ2) is 4.46. The van der Waals surface area contributed by atoms with Crippen molar-refractivity contribution < 1.29 is 0 Å². The lowest BCUT2D eigenvalue weighted by Crippen LogP contribution is -2.08. The molecule has 0 atom stereocenters. The number of aromatic nitrogens is 1. The molecule has 3 heteroatoms. The highest BCUT2D eigenvalue weighted by Gasteiger charge is 1.96. The highest BCUT2D eigenvalue weighted by molar-refractivity contribution is 7.11.